The van der Waals surface area contributed by atoms with Crippen LogP contribution in [0.15, 0.2) is 0 Å². The van der Waals surface area contributed by atoms with Crippen molar-refractivity contribution in [2.75, 3.05) is 27.4 Å². The summed E-state index contributed by atoms with van der Waals surface area (Å²) >= 11 is 0. The molecule has 1 rings (SSSR count). The van der Waals surface area contributed by atoms with Crippen molar-refractivity contribution in [1.29, 1.82) is 0 Å². The van der Waals surface area contributed by atoms with Crippen LogP contribution in [0.4, 0.5) is 0 Å². The number of nitrogens with one attached hydrogen (secondary N) is 1. The van der Waals surface area contributed by atoms with Crippen LogP contribution in [-0.4, -0.2) is 51.3 Å². The zero-order valence-electron chi connectivity index (χ0n) is 11.1. The monoisotopic (exact) mass is 273 g/mol. The Hall–Kier alpha value is -1.63. The summed E-state index contributed by atoms with van der Waals surface area (Å²) in [6, 6.07) is -0.836. The van der Waals surface area contributed by atoms with Crippen molar-refractivity contribution in [3.8, 4) is 0 Å². The van der Waals surface area contributed by atoms with E-state index in [4.69, 9.17) is 4.74 Å². The van der Waals surface area contributed by atoms with E-state index < -0.39 is 18.0 Å². The fraction of sp³-hybridized carbons (Fsp3) is 0.750. The number of carbonyl (C=O) groups is 3. The molecule has 7 heteroatoms. The average Bonchev–Trinajstić information content (AvgIpc) is 2.95. The first-order valence-electron chi connectivity index (χ1n) is 6.11. The topological polar surface area (TPSA) is 90.9 Å². The molecule has 7 nitrogen and oxygen atoms in total. The molecule has 0 bridgehead atoms. The number of methoxy groups -OCH3 is 2. The van der Waals surface area contributed by atoms with Crippen molar-refractivity contribution in [2.24, 2.45) is 5.92 Å². The van der Waals surface area contributed by atoms with Crippen molar-refractivity contribution < 1.29 is 28.6 Å². The second kappa shape index (κ2) is 7.73. The first-order valence-corrected chi connectivity index (χ1v) is 6.11. The van der Waals surface area contributed by atoms with E-state index >= 15 is 0 Å². The van der Waals surface area contributed by atoms with Crippen LogP contribution in [0.2, 0.25) is 0 Å². The van der Waals surface area contributed by atoms with Gasteiger partial charge in [-0.1, -0.05) is 0 Å². The summed E-state index contributed by atoms with van der Waals surface area (Å²) < 4.78 is 14.2. The quantitative estimate of drug-likeness (QED) is 0.664. The van der Waals surface area contributed by atoms with Gasteiger partial charge in [-0.15, -0.1) is 0 Å². The highest BCUT2D eigenvalue weighted by molar-refractivity contribution is 5.86. The molecule has 0 aromatic heterocycles. The van der Waals surface area contributed by atoms with Gasteiger partial charge in [0.05, 0.1) is 26.7 Å². The summed E-state index contributed by atoms with van der Waals surface area (Å²) in [4.78, 5) is 34.5. The molecule has 108 valence electrons. The van der Waals surface area contributed by atoms with Gasteiger partial charge in [-0.3, -0.25) is 9.59 Å². The molecule has 1 amide bonds. The van der Waals surface area contributed by atoms with Gasteiger partial charge in [0.1, 0.15) is 6.04 Å². The van der Waals surface area contributed by atoms with E-state index in [0.717, 1.165) is 0 Å². The standard InChI is InChI=1S/C12H19NO6/c1-17-10(14)4-3-9(12(16)18-2)13-11(15)8-5-6-19-7-8/h8-9H,3-7H2,1-2H3,(H,13,15)/t8-,9+/m1/s1. The number of carbonyl (C=O) groups excluding carboxylic acids is 3. The molecule has 0 saturated carbocycles. The Kier molecular flexibility index (Phi) is 6.27. The Morgan fingerprint density at radius 1 is 1.32 bits per heavy atom. The van der Waals surface area contributed by atoms with Gasteiger partial charge in [-0.2, -0.15) is 0 Å². The molecule has 1 N–H and O–H groups in total. The lowest BCUT2D eigenvalue weighted by Crippen LogP contribution is -2.44. The van der Waals surface area contributed by atoms with Crippen LogP contribution in [0.5, 0.6) is 0 Å². The molecule has 0 aromatic rings. The first-order chi connectivity index (χ1) is 9.08. The molecule has 0 aliphatic carbocycles. The minimum atomic E-state index is -0.836. The number of hydrogen-bond acceptors (Lipinski definition) is 6. The third kappa shape index (κ3) is 4.86. The fourth-order valence-corrected chi connectivity index (χ4v) is 1.79. The molecule has 1 fully saturated rings. The highest BCUT2D eigenvalue weighted by atomic mass is 16.5. The third-order valence-corrected chi connectivity index (χ3v) is 2.97. The molecule has 19 heavy (non-hydrogen) atoms. The summed E-state index contributed by atoms with van der Waals surface area (Å²) in [5.74, 6) is -1.51. The Labute approximate surface area is 111 Å². The lowest BCUT2D eigenvalue weighted by atomic mass is 10.1. The molecule has 1 saturated heterocycles. The Balaban J connectivity index is 2.50. The zero-order chi connectivity index (χ0) is 14.3. The predicted octanol–water partition coefficient (Wildman–Crippen LogP) is -0.366. The fourth-order valence-electron chi connectivity index (χ4n) is 1.79. The number of hydrogen-bond donors (Lipinski definition) is 1. The molecule has 0 radical (unpaired) electrons. The van der Waals surface area contributed by atoms with Gasteiger partial charge in [0.2, 0.25) is 5.91 Å². The minimum Gasteiger partial charge on any atom is -0.469 e. The molecule has 1 aliphatic rings. The number of ether oxygens (including phenoxy) is 3. The molecule has 1 heterocycles. The Morgan fingerprint density at radius 3 is 2.58 bits per heavy atom. The second-order valence-electron chi connectivity index (χ2n) is 4.26. The van der Waals surface area contributed by atoms with Crippen molar-refractivity contribution >= 4 is 17.8 Å². The summed E-state index contributed by atoms with van der Waals surface area (Å²) in [6.07, 6.45) is 0.826. The molecule has 1 aliphatic heterocycles. The number of esters is 2. The lowest BCUT2D eigenvalue weighted by Gasteiger charge is -2.17. The van der Waals surface area contributed by atoms with Crippen molar-refractivity contribution in [3.63, 3.8) is 0 Å². The van der Waals surface area contributed by atoms with Crippen LogP contribution in [-0.2, 0) is 28.6 Å². The second-order valence-corrected chi connectivity index (χ2v) is 4.26. The first kappa shape index (κ1) is 15.4. The SMILES string of the molecule is COC(=O)CC[C@H](NC(=O)[C@@H]1CCOC1)C(=O)OC. The van der Waals surface area contributed by atoms with Gasteiger partial charge in [-0.05, 0) is 12.8 Å². The van der Waals surface area contributed by atoms with Gasteiger partial charge in [0.15, 0.2) is 0 Å². The minimum absolute atomic E-state index is 0.0394. The summed E-state index contributed by atoms with van der Waals surface area (Å²) in [6.45, 7) is 0.903. The van der Waals surface area contributed by atoms with Gasteiger partial charge in [0, 0.05) is 13.0 Å². The third-order valence-electron chi connectivity index (χ3n) is 2.97. The predicted molar refractivity (Wildman–Crippen MR) is 64.1 cm³/mol. The Bertz CT molecular complexity index is 337. The Morgan fingerprint density at radius 2 is 2.05 bits per heavy atom. The van der Waals surface area contributed by atoms with Crippen molar-refractivity contribution in [1.82, 2.24) is 5.32 Å². The van der Waals surface area contributed by atoms with Crippen LogP contribution in [0, 0.1) is 5.92 Å². The van der Waals surface area contributed by atoms with Crippen molar-refractivity contribution in [3.05, 3.63) is 0 Å². The summed E-state index contributed by atoms with van der Waals surface area (Å²) in [5, 5.41) is 2.59. The highest BCUT2D eigenvalue weighted by Gasteiger charge is 2.28. The highest BCUT2D eigenvalue weighted by Crippen LogP contribution is 2.13. The number of amides is 1. The number of rotatable bonds is 6. The van der Waals surface area contributed by atoms with Crippen LogP contribution in [0.25, 0.3) is 0 Å². The largest absolute Gasteiger partial charge is 0.469 e. The summed E-state index contributed by atoms with van der Waals surface area (Å²) in [7, 11) is 2.50. The molecular formula is C12H19NO6. The summed E-state index contributed by atoms with van der Waals surface area (Å²) in [5.41, 5.74) is 0. The van der Waals surface area contributed by atoms with E-state index in [1.807, 2.05) is 0 Å². The van der Waals surface area contributed by atoms with E-state index in [1.54, 1.807) is 0 Å². The molecule has 0 spiro atoms. The van der Waals surface area contributed by atoms with Crippen LogP contribution < -0.4 is 5.32 Å². The van der Waals surface area contributed by atoms with E-state index in [0.29, 0.717) is 19.6 Å². The van der Waals surface area contributed by atoms with Gasteiger partial charge >= 0.3 is 11.9 Å². The zero-order valence-corrected chi connectivity index (χ0v) is 11.1. The lowest BCUT2D eigenvalue weighted by molar-refractivity contribution is -0.147. The normalized spacial score (nSPS) is 19.6. The molecule has 0 aromatic carbocycles. The van der Waals surface area contributed by atoms with Crippen LogP contribution >= 0.6 is 0 Å². The van der Waals surface area contributed by atoms with E-state index in [1.165, 1.54) is 14.2 Å². The maximum absolute atomic E-state index is 11.9. The van der Waals surface area contributed by atoms with Crippen LogP contribution in [0.3, 0.4) is 0 Å². The van der Waals surface area contributed by atoms with E-state index in [9.17, 15) is 14.4 Å². The molecule has 2 atom stereocenters. The van der Waals surface area contributed by atoms with Gasteiger partial charge < -0.3 is 19.5 Å². The van der Waals surface area contributed by atoms with E-state index in [-0.39, 0.29) is 24.7 Å². The van der Waals surface area contributed by atoms with Gasteiger partial charge in [-0.25, -0.2) is 4.79 Å². The van der Waals surface area contributed by atoms with Crippen molar-refractivity contribution in [2.45, 2.75) is 25.3 Å². The maximum Gasteiger partial charge on any atom is 0.328 e. The van der Waals surface area contributed by atoms with Gasteiger partial charge in [0.25, 0.3) is 0 Å². The van der Waals surface area contributed by atoms with Crippen LogP contribution in [0.1, 0.15) is 19.3 Å². The molecular weight excluding hydrogens is 254 g/mol. The molecule has 0 unspecified atom stereocenters. The van der Waals surface area contributed by atoms with E-state index in [2.05, 4.69) is 14.8 Å². The average molecular weight is 273 g/mol. The smallest absolute Gasteiger partial charge is 0.328 e. The maximum atomic E-state index is 11.9.